The number of amides is 2. The van der Waals surface area contributed by atoms with Gasteiger partial charge in [-0.1, -0.05) is 0 Å². The fourth-order valence-corrected chi connectivity index (χ4v) is 2.67. The lowest BCUT2D eigenvalue weighted by atomic mass is 9.97. The predicted molar refractivity (Wildman–Crippen MR) is 70.9 cm³/mol. The number of carbonyl (C=O) groups is 2. The van der Waals surface area contributed by atoms with E-state index >= 15 is 0 Å². The first-order valence-corrected chi connectivity index (χ1v) is 6.83. The van der Waals surface area contributed by atoms with Gasteiger partial charge in [-0.05, 0) is 18.9 Å². The molecule has 22 heavy (non-hydrogen) atoms. The molecular weight excluding hydrogens is 301 g/mol. The highest BCUT2D eigenvalue weighted by Crippen LogP contribution is 2.32. The van der Waals surface area contributed by atoms with E-state index in [1.807, 2.05) is 0 Å². The molecule has 1 saturated heterocycles. The molecule has 1 aromatic heterocycles. The zero-order valence-corrected chi connectivity index (χ0v) is 12.2. The third kappa shape index (κ3) is 3.40. The molecule has 0 radical (unpaired) electrons. The summed E-state index contributed by atoms with van der Waals surface area (Å²) in [5, 5.41) is 6.38. The van der Waals surface area contributed by atoms with Gasteiger partial charge in [0.05, 0.1) is 0 Å². The molecule has 0 saturated carbocycles. The summed E-state index contributed by atoms with van der Waals surface area (Å²) < 4.78 is 40.8. The molecule has 0 bridgehead atoms. The van der Waals surface area contributed by atoms with E-state index in [2.05, 4.69) is 10.4 Å². The fourth-order valence-electron chi connectivity index (χ4n) is 2.67. The third-order valence-electron chi connectivity index (χ3n) is 3.67. The zero-order valence-electron chi connectivity index (χ0n) is 12.2. The van der Waals surface area contributed by atoms with Crippen LogP contribution in [0, 0.1) is 0 Å². The maximum atomic E-state index is 13.2. The van der Waals surface area contributed by atoms with Gasteiger partial charge in [-0.25, -0.2) is 0 Å². The lowest BCUT2D eigenvalue weighted by molar-refractivity contribution is -0.184. The molecule has 0 unspecified atom stereocenters. The lowest BCUT2D eigenvalue weighted by Gasteiger charge is -2.40. The smallest absolute Gasteiger partial charge is 0.352 e. The van der Waals surface area contributed by atoms with Gasteiger partial charge in [0.2, 0.25) is 5.91 Å². The number of halogens is 3. The van der Waals surface area contributed by atoms with Crippen LogP contribution in [0.4, 0.5) is 13.2 Å². The molecule has 1 aliphatic heterocycles. The Morgan fingerprint density at radius 1 is 1.36 bits per heavy atom. The summed E-state index contributed by atoms with van der Waals surface area (Å²) in [4.78, 5) is 24.3. The van der Waals surface area contributed by atoms with Crippen LogP contribution in [0.3, 0.4) is 0 Å². The van der Waals surface area contributed by atoms with E-state index in [0.717, 1.165) is 4.90 Å². The minimum Gasteiger partial charge on any atom is -0.352 e. The Morgan fingerprint density at radius 3 is 2.55 bits per heavy atom. The van der Waals surface area contributed by atoms with E-state index in [9.17, 15) is 22.8 Å². The second-order valence-electron chi connectivity index (χ2n) is 5.33. The SMILES string of the molecule is CC(=O)N[C@H]1CC[C@@H](C(F)(F)F)N(C(=O)c2ccnn2C)C1. The van der Waals surface area contributed by atoms with Crippen molar-refractivity contribution in [1.29, 1.82) is 0 Å². The van der Waals surface area contributed by atoms with Crippen LogP contribution < -0.4 is 5.32 Å². The van der Waals surface area contributed by atoms with Crippen molar-refractivity contribution in [1.82, 2.24) is 20.0 Å². The van der Waals surface area contributed by atoms with Crippen LogP contribution in [0.15, 0.2) is 12.3 Å². The van der Waals surface area contributed by atoms with Gasteiger partial charge in [-0.3, -0.25) is 14.3 Å². The van der Waals surface area contributed by atoms with Crippen LogP contribution in [0.2, 0.25) is 0 Å². The van der Waals surface area contributed by atoms with Gasteiger partial charge >= 0.3 is 6.18 Å². The van der Waals surface area contributed by atoms with Crippen LogP contribution >= 0.6 is 0 Å². The Hall–Kier alpha value is -2.06. The number of aromatic nitrogens is 2. The summed E-state index contributed by atoms with van der Waals surface area (Å²) in [6, 6.07) is -0.953. The molecule has 2 heterocycles. The molecule has 2 atom stereocenters. The largest absolute Gasteiger partial charge is 0.408 e. The highest BCUT2D eigenvalue weighted by atomic mass is 19.4. The number of aryl methyl sites for hydroxylation is 1. The lowest BCUT2D eigenvalue weighted by Crippen LogP contribution is -2.58. The summed E-state index contributed by atoms with van der Waals surface area (Å²) in [5.74, 6) is -1.07. The number of likely N-dealkylation sites (tertiary alicyclic amines) is 1. The second kappa shape index (κ2) is 5.98. The number of nitrogens with zero attached hydrogens (tertiary/aromatic N) is 3. The zero-order chi connectivity index (χ0) is 16.5. The summed E-state index contributed by atoms with van der Waals surface area (Å²) >= 11 is 0. The molecule has 122 valence electrons. The molecule has 6 nitrogen and oxygen atoms in total. The van der Waals surface area contributed by atoms with E-state index in [1.54, 1.807) is 0 Å². The Labute approximate surface area is 125 Å². The van der Waals surface area contributed by atoms with Crippen molar-refractivity contribution in [3.63, 3.8) is 0 Å². The minimum atomic E-state index is -4.50. The number of hydrogen-bond donors (Lipinski definition) is 1. The Morgan fingerprint density at radius 2 is 2.05 bits per heavy atom. The average Bonchev–Trinajstić information content (AvgIpc) is 2.82. The highest BCUT2D eigenvalue weighted by molar-refractivity contribution is 5.93. The summed E-state index contributed by atoms with van der Waals surface area (Å²) in [7, 11) is 1.49. The number of hydrogen-bond acceptors (Lipinski definition) is 3. The molecule has 1 fully saturated rings. The second-order valence-corrected chi connectivity index (χ2v) is 5.33. The van der Waals surface area contributed by atoms with E-state index in [0.29, 0.717) is 0 Å². The molecule has 1 aliphatic rings. The van der Waals surface area contributed by atoms with Crippen molar-refractivity contribution in [2.75, 3.05) is 6.54 Å². The Bertz CT molecular complexity index is 570. The molecule has 9 heteroatoms. The Kier molecular flexibility index (Phi) is 4.43. The van der Waals surface area contributed by atoms with Crippen molar-refractivity contribution in [3.8, 4) is 0 Å². The van der Waals surface area contributed by atoms with Gasteiger partial charge in [0.25, 0.3) is 5.91 Å². The van der Waals surface area contributed by atoms with Gasteiger partial charge < -0.3 is 10.2 Å². The van der Waals surface area contributed by atoms with E-state index in [4.69, 9.17) is 0 Å². The molecule has 2 rings (SSSR count). The molecule has 1 N–H and O–H groups in total. The monoisotopic (exact) mass is 318 g/mol. The topological polar surface area (TPSA) is 67.2 Å². The maximum Gasteiger partial charge on any atom is 0.408 e. The molecular formula is C13H17F3N4O2. The molecule has 2 amide bonds. The van der Waals surface area contributed by atoms with Gasteiger partial charge in [-0.15, -0.1) is 0 Å². The maximum absolute atomic E-state index is 13.2. The molecule has 1 aromatic rings. The van der Waals surface area contributed by atoms with Crippen LogP contribution in [-0.4, -0.2) is 51.3 Å². The van der Waals surface area contributed by atoms with Crippen molar-refractivity contribution in [3.05, 3.63) is 18.0 Å². The van der Waals surface area contributed by atoms with E-state index < -0.39 is 24.2 Å². The van der Waals surface area contributed by atoms with Gasteiger partial charge in [0, 0.05) is 32.8 Å². The van der Waals surface area contributed by atoms with Crippen LogP contribution in [0.1, 0.15) is 30.3 Å². The van der Waals surface area contributed by atoms with Crippen LogP contribution in [0.25, 0.3) is 0 Å². The van der Waals surface area contributed by atoms with Gasteiger partial charge in [0.1, 0.15) is 11.7 Å². The molecule has 0 aliphatic carbocycles. The third-order valence-corrected chi connectivity index (χ3v) is 3.67. The predicted octanol–water partition coefficient (Wildman–Crippen LogP) is 1.09. The standard InChI is InChI=1S/C13H17F3N4O2/c1-8(21)18-9-3-4-11(13(14,15)16)20(7-9)12(22)10-5-6-17-19(10)2/h5-6,9,11H,3-4,7H2,1-2H3,(H,18,21)/t9-,11-/m0/s1. The molecule has 0 spiro atoms. The number of piperidine rings is 1. The average molecular weight is 318 g/mol. The van der Waals surface area contributed by atoms with Crippen LogP contribution in [-0.2, 0) is 11.8 Å². The highest BCUT2D eigenvalue weighted by Gasteiger charge is 2.48. The quantitative estimate of drug-likeness (QED) is 0.888. The number of carbonyl (C=O) groups excluding carboxylic acids is 2. The van der Waals surface area contributed by atoms with Crippen LogP contribution in [0.5, 0.6) is 0 Å². The normalized spacial score (nSPS) is 22.5. The Balaban J connectivity index is 2.25. The van der Waals surface area contributed by atoms with Crippen molar-refractivity contribution < 1.29 is 22.8 Å². The van der Waals surface area contributed by atoms with Gasteiger partial charge in [0.15, 0.2) is 0 Å². The minimum absolute atomic E-state index is 0.0812. The fraction of sp³-hybridized carbons (Fsp3) is 0.615. The number of nitrogens with one attached hydrogen (secondary N) is 1. The number of rotatable bonds is 2. The van der Waals surface area contributed by atoms with Gasteiger partial charge in [-0.2, -0.15) is 18.3 Å². The van der Waals surface area contributed by atoms with Crippen molar-refractivity contribution in [2.45, 2.75) is 38.0 Å². The summed E-state index contributed by atoms with van der Waals surface area (Å²) in [6.07, 6.45) is -3.21. The first kappa shape index (κ1) is 16.3. The van der Waals surface area contributed by atoms with Crippen molar-refractivity contribution >= 4 is 11.8 Å². The first-order valence-electron chi connectivity index (χ1n) is 6.83. The molecule has 0 aromatic carbocycles. The van der Waals surface area contributed by atoms with E-state index in [-0.39, 0.29) is 31.0 Å². The number of alkyl halides is 3. The summed E-state index contributed by atoms with van der Waals surface area (Å²) in [5.41, 5.74) is 0.0812. The summed E-state index contributed by atoms with van der Waals surface area (Å²) in [6.45, 7) is 1.12. The first-order chi connectivity index (χ1) is 10.2. The van der Waals surface area contributed by atoms with E-state index in [1.165, 1.54) is 30.9 Å². The van der Waals surface area contributed by atoms with Crippen molar-refractivity contribution in [2.24, 2.45) is 7.05 Å².